The maximum absolute atomic E-state index is 12.9. The number of aryl methyl sites for hydroxylation is 1. The molecule has 8 heteroatoms. The van der Waals surface area contributed by atoms with Gasteiger partial charge in [-0.15, -0.1) is 0 Å². The van der Waals surface area contributed by atoms with E-state index in [9.17, 15) is 9.59 Å². The minimum absolute atomic E-state index is 0.0605. The molecule has 1 N–H and O–H groups in total. The molecule has 0 bridgehead atoms. The minimum atomic E-state index is -0.490. The third-order valence-corrected chi connectivity index (χ3v) is 5.54. The maximum atomic E-state index is 12.9. The Morgan fingerprint density at radius 2 is 1.90 bits per heavy atom. The van der Waals surface area contributed by atoms with Gasteiger partial charge in [-0.3, -0.25) is 9.69 Å². The van der Waals surface area contributed by atoms with Crippen molar-refractivity contribution < 1.29 is 9.59 Å². The van der Waals surface area contributed by atoms with Crippen LogP contribution in [0.4, 0.5) is 4.79 Å². The van der Waals surface area contributed by atoms with Crippen LogP contribution in [0.2, 0.25) is 10.0 Å². The normalized spacial score (nSPS) is 15.2. The summed E-state index contributed by atoms with van der Waals surface area (Å²) in [4.78, 5) is 30.8. The molecule has 0 spiro atoms. The van der Waals surface area contributed by atoms with Crippen molar-refractivity contribution >= 4 is 41.2 Å². The second kappa shape index (κ2) is 7.97. The van der Waals surface area contributed by atoms with Gasteiger partial charge in [-0.2, -0.15) is 0 Å². The van der Waals surface area contributed by atoms with E-state index in [2.05, 4.69) is 10.3 Å². The standard InChI is InChI=1S/C22H18Cl2N4O2/c1-13-9-16(14(2)28(13)20-5-3-4-8-25-20)10-19-21(29)27(22(30)26-19)12-15-6-7-17(23)11-18(15)24/h3-11H,12H2,1-2H3,(H,26,30)/b19-10-. The summed E-state index contributed by atoms with van der Waals surface area (Å²) in [6, 6.07) is 12.1. The molecule has 30 heavy (non-hydrogen) atoms. The van der Waals surface area contributed by atoms with Gasteiger partial charge in [-0.25, -0.2) is 9.78 Å². The van der Waals surface area contributed by atoms with Gasteiger partial charge in [0.25, 0.3) is 5.91 Å². The summed E-state index contributed by atoms with van der Waals surface area (Å²) in [5, 5.41) is 3.55. The number of nitrogens with zero attached hydrogens (tertiary/aromatic N) is 3. The lowest BCUT2D eigenvalue weighted by Gasteiger charge is -2.13. The second-order valence-corrected chi connectivity index (χ2v) is 7.81. The van der Waals surface area contributed by atoms with Gasteiger partial charge in [-0.1, -0.05) is 35.3 Å². The predicted octanol–water partition coefficient (Wildman–Crippen LogP) is 4.89. The Hall–Kier alpha value is -3.09. The Morgan fingerprint density at radius 3 is 2.60 bits per heavy atom. The lowest BCUT2D eigenvalue weighted by atomic mass is 10.2. The zero-order chi connectivity index (χ0) is 21.4. The van der Waals surface area contributed by atoms with Crippen molar-refractivity contribution in [2.24, 2.45) is 0 Å². The molecule has 3 heterocycles. The summed E-state index contributed by atoms with van der Waals surface area (Å²) in [5.74, 6) is 0.381. The molecule has 1 saturated heterocycles. The smallest absolute Gasteiger partial charge is 0.303 e. The minimum Gasteiger partial charge on any atom is -0.303 e. The van der Waals surface area contributed by atoms with Crippen LogP contribution in [0.1, 0.15) is 22.5 Å². The van der Waals surface area contributed by atoms with E-state index in [1.807, 2.05) is 42.7 Å². The third kappa shape index (κ3) is 3.72. The molecule has 3 amide bonds. The van der Waals surface area contributed by atoms with Crippen molar-refractivity contribution in [2.75, 3.05) is 0 Å². The molecule has 1 fully saturated rings. The van der Waals surface area contributed by atoms with Gasteiger partial charge >= 0.3 is 6.03 Å². The largest absolute Gasteiger partial charge is 0.329 e. The number of aromatic nitrogens is 2. The number of urea groups is 1. The van der Waals surface area contributed by atoms with E-state index in [0.29, 0.717) is 15.6 Å². The van der Waals surface area contributed by atoms with Gasteiger partial charge in [0.05, 0.1) is 6.54 Å². The van der Waals surface area contributed by atoms with Crippen molar-refractivity contribution in [1.29, 1.82) is 0 Å². The third-order valence-electron chi connectivity index (χ3n) is 4.95. The number of hydrogen-bond acceptors (Lipinski definition) is 3. The summed E-state index contributed by atoms with van der Waals surface area (Å²) in [6.07, 6.45) is 3.41. The highest BCUT2D eigenvalue weighted by atomic mass is 35.5. The Labute approximate surface area is 183 Å². The molecule has 1 aliphatic heterocycles. The first-order valence-electron chi connectivity index (χ1n) is 9.24. The fourth-order valence-corrected chi connectivity index (χ4v) is 3.93. The van der Waals surface area contributed by atoms with Crippen molar-refractivity contribution in [1.82, 2.24) is 19.8 Å². The van der Waals surface area contributed by atoms with Gasteiger partial charge in [-0.05, 0) is 61.4 Å². The van der Waals surface area contributed by atoms with Crippen LogP contribution in [0.15, 0.2) is 54.4 Å². The number of benzene rings is 1. The molecule has 4 rings (SSSR count). The van der Waals surface area contributed by atoms with Crippen LogP contribution >= 0.6 is 23.2 Å². The van der Waals surface area contributed by atoms with E-state index < -0.39 is 11.9 Å². The fraction of sp³-hybridized carbons (Fsp3) is 0.136. The Bertz CT molecular complexity index is 1190. The van der Waals surface area contributed by atoms with Gasteiger partial charge in [0, 0.05) is 27.6 Å². The van der Waals surface area contributed by atoms with Gasteiger partial charge in [0.1, 0.15) is 11.5 Å². The highest BCUT2D eigenvalue weighted by Crippen LogP contribution is 2.26. The van der Waals surface area contributed by atoms with Crippen molar-refractivity contribution in [3.8, 4) is 5.82 Å². The molecule has 1 aliphatic rings. The van der Waals surface area contributed by atoms with E-state index in [-0.39, 0.29) is 12.2 Å². The highest BCUT2D eigenvalue weighted by Gasteiger charge is 2.34. The van der Waals surface area contributed by atoms with Gasteiger partial charge < -0.3 is 9.88 Å². The molecule has 0 saturated carbocycles. The van der Waals surface area contributed by atoms with E-state index in [1.165, 1.54) is 0 Å². The molecule has 0 unspecified atom stereocenters. The predicted molar refractivity (Wildman–Crippen MR) is 117 cm³/mol. The van der Waals surface area contributed by atoms with E-state index >= 15 is 0 Å². The highest BCUT2D eigenvalue weighted by molar-refractivity contribution is 6.35. The van der Waals surface area contributed by atoms with Crippen LogP contribution in [0.3, 0.4) is 0 Å². The number of rotatable bonds is 4. The summed E-state index contributed by atoms with van der Waals surface area (Å²) < 4.78 is 2.00. The Balaban J connectivity index is 1.63. The average Bonchev–Trinajstić information content (AvgIpc) is 3.14. The van der Waals surface area contributed by atoms with Crippen LogP contribution in [-0.2, 0) is 11.3 Å². The summed E-state index contributed by atoms with van der Waals surface area (Å²) >= 11 is 12.1. The quantitative estimate of drug-likeness (QED) is 0.463. The average molecular weight is 441 g/mol. The number of pyridine rings is 1. The van der Waals surface area contributed by atoms with Crippen LogP contribution in [0.5, 0.6) is 0 Å². The van der Waals surface area contributed by atoms with Crippen molar-refractivity contribution in [2.45, 2.75) is 20.4 Å². The van der Waals surface area contributed by atoms with Crippen LogP contribution in [-0.4, -0.2) is 26.4 Å². The molecular weight excluding hydrogens is 423 g/mol. The monoisotopic (exact) mass is 440 g/mol. The number of halogens is 2. The van der Waals surface area contributed by atoms with Crippen LogP contribution < -0.4 is 5.32 Å². The molecule has 0 radical (unpaired) electrons. The fourth-order valence-electron chi connectivity index (χ4n) is 3.46. The first-order chi connectivity index (χ1) is 14.3. The zero-order valence-corrected chi connectivity index (χ0v) is 17.8. The zero-order valence-electron chi connectivity index (χ0n) is 16.3. The molecule has 3 aromatic rings. The van der Waals surface area contributed by atoms with E-state index in [4.69, 9.17) is 23.2 Å². The van der Waals surface area contributed by atoms with Gasteiger partial charge in [0.2, 0.25) is 0 Å². The van der Waals surface area contributed by atoms with Crippen molar-refractivity contribution in [3.63, 3.8) is 0 Å². The van der Waals surface area contributed by atoms with E-state index in [1.54, 1.807) is 30.5 Å². The Morgan fingerprint density at radius 1 is 1.10 bits per heavy atom. The first-order valence-corrected chi connectivity index (χ1v) is 9.99. The number of amides is 3. The molecule has 6 nitrogen and oxygen atoms in total. The molecule has 1 aromatic carbocycles. The molecule has 0 aliphatic carbocycles. The topological polar surface area (TPSA) is 67.2 Å². The van der Waals surface area contributed by atoms with Crippen LogP contribution in [0, 0.1) is 13.8 Å². The maximum Gasteiger partial charge on any atom is 0.329 e. The summed E-state index contributed by atoms with van der Waals surface area (Å²) in [7, 11) is 0. The molecule has 2 aromatic heterocycles. The summed E-state index contributed by atoms with van der Waals surface area (Å²) in [5.41, 5.74) is 3.57. The van der Waals surface area contributed by atoms with Crippen LogP contribution in [0.25, 0.3) is 11.9 Å². The summed E-state index contributed by atoms with van der Waals surface area (Å²) in [6.45, 7) is 3.97. The molecule has 0 atom stereocenters. The lowest BCUT2D eigenvalue weighted by molar-refractivity contribution is -0.123. The SMILES string of the molecule is Cc1cc(/C=C2\NC(=O)N(Cc3ccc(Cl)cc3Cl)C2=O)c(C)n1-c1ccccn1. The van der Waals surface area contributed by atoms with Crippen molar-refractivity contribution in [3.05, 3.63) is 86.9 Å². The lowest BCUT2D eigenvalue weighted by Crippen LogP contribution is -2.30. The van der Waals surface area contributed by atoms with E-state index in [0.717, 1.165) is 27.7 Å². The number of imide groups is 1. The number of hydrogen-bond donors (Lipinski definition) is 1. The first kappa shape index (κ1) is 20.2. The number of carbonyl (C=O) groups excluding carboxylic acids is 2. The second-order valence-electron chi connectivity index (χ2n) is 6.97. The Kier molecular flexibility index (Phi) is 5.37. The number of nitrogens with one attached hydrogen (secondary N) is 1. The molecule has 152 valence electrons. The molecular formula is C22H18Cl2N4O2. The van der Waals surface area contributed by atoms with Gasteiger partial charge in [0.15, 0.2) is 0 Å². The number of carbonyl (C=O) groups is 2.